The van der Waals surface area contributed by atoms with E-state index in [2.05, 4.69) is 15.0 Å². The van der Waals surface area contributed by atoms with E-state index < -0.39 is 26.4 Å². The maximum absolute atomic E-state index is 10.7. The Labute approximate surface area is 125 Å². The highest BCUT2D eigenvalue weighted by molar-refractivity contribution is 7.25. The Bertz CT molecular complexity index is 721. The summed E-state index contributed by atoms with van der Waals surface area (Å²) < 4.78 is 22.8. The Hall–Kier alpha value is -1.91. The Morgan fingerprint density at radius 1 is 1.45 bits per heavy atom. The van der Waals surface area contributed by atoms with E-state index in [1.54, 1.807) is 4.57 Å². The summed E-state index contributed by atoms with van der Waals surface area (Å²) in [5.41, 5.74) is 9.57. The van der Waals surface area contributed by atoms with Crippen LogP contribution in [0.3, 0.4) is 0 Å². The quantitative estimate of drug-likeness (QED) is 0.378. The van der Waals surface area contributed by atoms with E-state index >= 15 is 0 Å². The largest absolute Gasteiger partial charge is 0.420 e. The number of hydrogen-bond donors (Lipinski definition) is 4. The molecule has 2 aromatic heterocycles. The third-order valence-corrected chi connectivity index (χ3v) is 3.67. The molecule has 1 aliphatic heterocycles. The van der Waals surface area contributed by atoms with Gasteiger partial charge in [-0.3, -0.25) is 0 Å². The lowest BCUT2D eigenvalue weighted by Crippen LogP contribution is -2.37. The number of nitrogens with zero attached hydrogens (tertiary/aromatic N) is 4. The second-order valence-corrected chi connectivity index (χ2v) is 5.73. The molecule has 118 valence electrons. The van der Waals surface area contributed by atoms with Crippen molar-refractivity contribution in [3.05, 3.63) is 6.33 Å². The fourth-order valence-corrected chi connectivity index (χ4v) is 2.39. The number of fused-ring (bicyclic) bond motifs is 1. The van der Waals surface area contributed by atoms with Crippen LogP contribution in [-0.2, 0) is 20.6 Å². The number of anilines is 2. The van der Waals surface area contributed by atoms with Gasteiger partial charge in [-0.15, -0.1) is 0 Å². The van der Waals surface area contributed by atoms with Crippen molar-refractivity contribution in [1.29, 1.82) is 0 Å². The zero-order valence-electron chi connectivity index (χ0n) is 11.2. The molecule has 12 heteroatoms. The third-order valence-electron chi connectivity index (χ3n) is 3.14. The molecule has 0 saturated carbocycles. The monoisotopic (exact) mass is 329 g/mol. The van der Waals surface area contributed by atoms with Gasteiger partial charge in [-0.2, -0.15) is 9.97 Å². The van der Waals surface area contributed by atoms with Crippen molar-refractivity contribution in [2.45, 2.75) is 24.5 Å². The topological polar surface area (TPSA) is 172 Å². The molecule has 22 heavy (non-hydrogen) atoms. The maximum Gasteiger partial charge on any atom is 0.420 e. The van der Waals surface area contributed by atoms with Crippen molar-refractivity contribution in [1.82, 2.24) is 19.5 Å². The normalized spacial score (nSPS) is 22.6. The van der Waals surface area contributed by atoms with Crippen molar-refractivity contribution >= 4 is 31.4 Å². The number of ether oxygens (including phenoxy) is 2. The van der Waals surface area contributed by atoms with E-state index in [9.17, 15) is 14.8 Å². The van der Waals surface area contributed by atoms with Crippen LogP contribution in [0.25, 0.3) is 11.2 Å². The molecule has 3 atom stereocenters. The molecule has 6 N–H and O–H groups in total. The second kappa shape index (κ2) is 5.38. The molecule has 0 amide bonds. The Morgan fingerprint density at radius 3 is 2.95 bits per heavy atom. The molecule has 3 unspecified atom stereocenters. The van der Waals surface area contributed by atoms with Gasteiger partial charge in [0.2, 0.25) is 5.95 Å². The number of imidazole rings is 1. The van der Waals surface area contributed by atoms with Crippen LogP contribution in [0.15, 0.2) is 6.33 Å². The zero-order valence-corrected chi connectivity index (χ0v) is 12.2. The maximum atomic E-state index is 10.7. The molecule has 3 heterocycles. The van der Waals surface area contributed by atoms with E-state index in [1.807, 2.05) is 0 Å². The zero-order chi connectivity index (χ0) is 15.9. The number of nitrogens with two attached hydrogens (primary N) is 2. The summed E-state index contributed by atoms with van der Waals surface area (Å²) in [7, 11) is -1.40. The fraction of sp³-hybridized carbons (Fsp3) is 0.500. The highest BCUT2D eigenvalue weighted by Crippen LogP contribution is 2.29. The lowest BCUT2D eigenvalue weighted by molar-refractivity contribution is -0.237. The third kappa shape index (κ3) is 2.60. The fourth-order valence-electron chi connectivity index (χ4n) is 2.14. The van der Waals surface area contributed by atoms with E-state index in [1.165, 1.54) is 6.33 Å². The molecule has 2 aromatic rings. The van der Waals surface area contributed by atoms with Gasteiger partial charge in [0.15, 0.2) is 11.5 Å². The highest BCUT2D eigenvalue weighted by Gasteiger charge is 2.50. The van der Waals surface area contributed by atoms with Crippen LogP contribution >= 0.6 is 8.46 Å². The van der Waals surface area contributed by atoms with Crippen LogP contribution < -0.4 is 11.5 Å². The Morgan fingerprint density at radius 2 is 2.23 bits per heavy atom. The molecule has 1 fully saturated rings. The average Bonchev–Trinajstić information content (AvgIpc) is 3.08. The van der Waals surface area contributed by atoms with Crippen LogP contribution in [0.4, 0.5) is 11.8 Å². The molecular formula is C10H14N6O5P+. The molecule has 1 aliphatic rings. The first-order chi connectivity index (χ1) is 10.4. The number of hydrogen-bond acceptors (Lipinski definition) is 10. The van der Waals surface area contributed by atoms with Crippen molar-refractivity contribution in [3.63, 3.8) is 0 Å². The van der Waals surface area contributed by atoms with Crippen molar-refractivity contribution in [3.8, 4) is 0 Å². The minimum absolute atomic E-state index is 0.0190. The molecule has 11 nitrogen and oxygen atoms in total. The van der Waals surface area contributed by atoms with Gasteiger partial charge >= 0.3 is 14.0 Å². The molecule has 3 rings (SSSR count). The summed E-state index contributed by atoms with van der Waals surface area (Å²) in [6, 6.07) is 0. The molecule has 0 radical (unpaired) electrons. The molecule has 1 saturated heterocycles. The van der Waals surface area contributed by atoms with E-state index in [0.29, 0.717) is 11.2 Å². The van der Waals surface area contributed by atoms with Gasteiger partial charge < -0.3 is 35.7 Å². The van der Waals surface area contributed by atoms with Crippen molar-refractivity contribution in [2.75, 3.05) is 18.1 Å². The first-order valence-corrected chi connectivity index (χ1v) is 7.16. The predicted molar refractivity (Wildman–Crippen MR) is 74.9 cm³/mol. The minimum Gasteiger partial charge on any atom is -0.382 e. The summed E-state index contributed by atoms with van der Waals surface area (Å²) in [6.07, 6.45) is -0.394. The molecule has 0 aromatic carbocycles. The number of nitrogen functional groups attached to an aromatic ring is 2. The molecule has 0 spiro atoms. The van der Waals surface area contributed by atoms with Crippen LogP contribution in [0.2, 0.25) is 0 Å². The Balaban J connectivity index is 1.79. The molecule has 0 aliphatic carbocycles. The first kappa shape index (κ1) is 15.0. The number of aromatic nitrogens is 4. The van der Waals surface area contributed by atoms with Crippen molar-refractivity contribution < 1.29 is 24.3 Å². The van der Waals surface area contributed by atoms with Gasteiger partial charge in [0, 0.05) is 0 Å². The number of aliphatic hydroxyl groups is 2. The minimum atomic E-state index is -2.54. The summed E-state index contributed by atoms with van der Waals surface area (Å²) in [5.74, 6) is 0.186. The average molecular weight is 329 g/mol. The van der Waals surface area contributed by atoms with Gasteiger partial charge in [0.25, 0.3) is 6.29 Å². The van der Waals surface area contributed by atoms with Crippen molar-refractivity contribution in [2.24, 2.45) is 0 Å². The van der Waals surface area contributed by atoms with E-state index in [4.69, 9.17) is 20.9 Å². The first-order valence-electron chi connectivity index (χ1n) is 6.25. The van der Waals surface area contributed by atoms with E-state index in [0.717, 1.165) is 0 Å². The van der Waals surface area contributed by atoms with Gasteiger partial charge in [-0.25, -0.2) is 4.98 Å². The van der Waals surface area contributed by atoms with Crippen LogP contribution in [0.5, 0.6) is 0 Å². The summed E-state index contributed by atoms with van der Waals surface area (Å²) in [4.78, 5) is 12.0. The highest BCUT2D eigenvalue weighted by atomic mass is 31.1. The Kier molecular flexibility index (Phi) is 3.67. The summed E-state index contributed by atoms with van der Waals surface area (Å²) >= 11 is 0. The summed E-state index contributed by atoms with van der Waals surface area (Å²) in [6.45, 7) is 0.356. The molecular weight excluding hydrogens is 315 g/mol. The van der Waals surface area contributed by atoms with Crippen LogP contribution in [0, 0.1) is 0 Å². The van der Waals surface area contributed by atoms with E-state index in [-0.39, 0.29) is 24.9 Å². The van der Waals surface area contributed by atoms with Gasteiger partial charge in [0.1, 0.15) is 11.6 Å². The number of rotatable bonds is 4. The standard InChI is InChI=1S/C10H13N6O5P/c11-6-5-7(15-9(12)14-6)16(3-13-5)1-4-2-20-8(21-4)10(17,18)22-19/h3-4,8,17-18H,1-2H2,(H4,11,12,14,15)/p+1. The van der Waals surface area contributed by atoms with Gasteiger partial charge in [0.05, 0.1) is 19.5 Å². The van der Waals surface area contributed by atoms with Gasteiger partial charge in [-0.1, -0.05) is 4.57 Å². The molecule has 0 bridgehead atoms. The lowest BCUT2D eigenvalue weighted by Gasteiger charge is -2.15. The lowest BCUT2D eigenvalue weighted by atomic mass is 10.4. The van der Waals surface area contributed by atoms with Gasteiger partial charge in [-0.05, 0) is 0 Å². The summed E-state index contributed by atoms with van der Waals surface area (Å²) in [5, 5.41) is 18.9. The smallest absolute Gasteiger partial charge is 0.382 e. The second-order valence-electron chi connectivity index (χ2n) is 4.79. The van der Waals surface area contributed by atoms with Crippen LogP contribution in [0.1, 0.15) is 0 Å². The predicted octanol–water partition coefficient (Wildman–Crippen LogP) is -1.61. The van der Waals surface area contributed by atoms with Crippen LogP contribution in [-0.4, -0.2) is 54.3 Å². The SMILES string of the molecule is Nc1nc(N)c2ncn(CC3COC(C(O)(O)[PH+]=O)O3)c2n1.